The normalized spacial score (nSPS) is 22.1. The van der Waals surface area contributed by atoms with E-state index in [1.54, 1.807) is 6.07 Å². The van der Waals surface area contributed by atoms with Crippen molar-refractivity contribution in [3.8, 4) is 11.5 Å². The van der Waals surface area contributed by atoms with E-state index in [0.717, 1.165) is 5.56 Å². The molecule has 1 heterocycles. The lowest BCUT2D eigenvalue weighted by Crippen LogP contribution is -2.35. The number of rotatable bonds is 5. The molecule has 0 saturated carbocycles. The number of methoxy groups -OCH3 is 1. The maximum atomic E-state index is 13.4. The molecule has 0 spiro atoms. The van der Waals surface area contributed by atoms with Crippen LogP contribution >= 0.6 is 0 Å². The Bertz CT molecular complexity index is 941. The second-order valence-corrected chi connectivity index (χ2v) is 9.44. The smallest absolute Gasteiger partial charge is 0.180 e. The van der Waals surface area contributed by atoms with Gasteiger partial charge in [-0.2, -0.15) is 0 Å². The highest BCUT2D eigenvalue weighted by atomic mass is 32.2. The van der Waals surface area contributed by atoms with Crippen molar-refractivity contribution in [1.82, 2.24) is 5.32 Å². The topological polar surface area (TPSA) is 75.6 Å². The van der Waals surface area contributed by atoms with Crippen molar-refractivity contribution in [2.75, 3.05) is 12.9 Å². The van der Waals surface area contributed by atoms with E-state index in [4.69, 9.17) is 4.74 Å². The Balaban J connectivity index is 2.39. The Labute approximate surface area is 167 Å². The van der Waals surface area contributed by atoms with E-state index in [2.05, 4.69) is 5.32 Å². The van der Waals surface area contributed by atoms with Gasteiger partial charge in [0.2, 0.25) is 0 Å². The third kappa shape index (κ3) is 3.63. The first-order chi connectivity index (χ1) is 13.3. The highest BCUT2D eigenvalue weighted by Crippen LogP contribution is 2.46. The van der Waals surface area contributed by atoms with Gasteiger partial charge in [-0.05, 0) is 36.0 Å². The summed E-state index contributed by atoms with van der Waals surface area (Å²) in [5, 5.41) is 14.4. The lowest BCUT2D eigenvalue weighted by Gasteiger charge is -2.25. The minimum Gasteiger partial charge on any atom is -0.504 e. The highest BCUT2D eigenvalue weighted by molar-refractivity contribution is 7.91. The molecule has 152 valence electrons. The fourth-order valence-electron chi connectivity index (χ4n) is 3.93. The quantitative estimate of drug-likeness (QED) is 0.784. The molecule has 0 radical (unpaired) electrons. The first-order valence-electron chi connectivity index (χ1n) is 9.81. The van der Waals surface area contributed by atoms with Gasteiger partial charge in [-0.1, -0.05) is 51.1 Å². The van der Waals surface area contributed by atoms with E-state index in [9.17, 15) is 13.5 Å². The molecule has 1 unspecified atom stereocenters. The van der Waals surface area contributed by atoms with Crippen LogP contribution in [0.2, 0.25) is 0 Å². The predicted octanol–water partition coefficient (Wildman–Crippen LogP) is 4.16. The summed E-state index contributed by atoms with van der Waals surface area (Å²) >= 11 is 0. The summed E-state index contributed by atoms with van der Waals surface area (Å²) in [6.07, 6.45) is 1.40. The van der Waals surface area contributed by atoms with Crippen molar-refractivity contribution >= 4 is 9.84 Å². The molecule has 0 amide bonds. The Kier molecular flexibility index (Phi) is 6.01. The van der Waals surface area contributed by atoms with Crippen LogP contribution in [0, 0.1) is 0 Å². The Morgan fingerprint density at radius 2 is 1.93 bits per heavy atom. The van der Waals surface area contributed by atoms with E-state index in [1.165, 1.54) is 7.11 Å². The van der Waals surface area contributed by atoms with Gasteiger partial charge in [0.1, 0.15) is 0 Å². The van der Waals surface area contributed by atoms with Crippen LogP contribution in [0.1, 0.15) is 62.3 Å². The number of sulfone groups is 1. The highest BCUT2D eigenvalue weighted by Gasteiger charge is 2.38. The summed E-state index contributed by atoms with van der Waals surface area (Å²) in [6, 6.07) is 11.0. The van der Waals surface area contributed by atoms with Crippen LogP contribution in [0.3, 0.4) is 0 Å². The van der Waals surface area contributed by atoms with Crippen LogP contribution in [0.25, 0.3) is 0 Å². The molecule has 0 bridgehead atoms. The Morgan fingerprint density at radius 3 is 2.50 bits per heavy atom. The molecule has 0 fully saturated rings. The van der Waals surface area contributed by atoms with Crippen molar-refractivity contribution < 1.29 is 18.3 Å². The lowest BCUT2D eigenvalue weighted by atomic mass is 9.90. The number of phenols is 1. The summed E-state index contributed by atoms with van der Waals surface area (Å²) < 4.78 is 32.3. The van der Waals surface area contributed by atoms with Gasteiger partial charge in [-0.3, -0.25) is 0 Å². The van der Waals surface area contributed by atoms with Gasteiger partial charge in [0, 0.05) is 11.6 Å². The van der Waals surface area contributed by atoms with Gasteiger partial charge in [0.05, 0.1) is 23.8 Å². The first-order valence-corrected chi connectivity index (χ1v) is 11.5. The second kappa shape index (κ2) is 8.13. The maximum absolute atomic E-state index is 13.4. The predicted molar refractivity (Wildman–Crippen MR) is 111 cm³/mol. The molecule has 0 aromatic heterocycles. The number of fused-ring (bicyclic) bond motifs is 1. The van der Waals surface area contributed by atoms with Gasteiger partial charge >= 0.3 is 0 Å². The third-order valence-electron chi connectivity index (χ3n) is 5.68. The third-order valence-corrected chi connectivity index (χ3v) is 7.60. The Hall–Kier alpha value is -2.05. The molecule has 28 heavy (non-hydrogen) atoms. The van der Waals surface area contributed by atoms with E-state index in [-0.39, 0.29) is 34.4 Å². The van der Waals surface area contributed by atoms with Crippen LogP contribution < -0.4 is 10.1 Å². The molecule has 1 aliphatic heterocycles. The molecule has 3 rings (SSSR count). The molecule has 0 aliphatic carbocycles. The summed E-state index contributed by atoms with van der Waals surface area (Å²) in [6.45, 7) is 5.91. The van der Waals surface area contributed by atoms with Crippen LogP contribution in [0.15, 0.2) is 41.3 Å². The van der Waals surface area contributed by atoms with Gasteiger partial charge < -0.3 is 15.2 Å². The van der Waals surface area contributed by atoms with E-state index < -0.39 is 9.84 Å². The summed E-state index contributed by atoms with van der Waals surface area (Å²) in [5.41, 5.74) is 2.10. The summed E-state index contributed by atoms with van der Waals surface area (Å²) in [7, 11) is -2.10. The number of hydrogen-bond donors (Lipinski definition) is 2. The van der Waals surface area contributed by atoms with Gasteiger partial charge in [0.15, 0.2) is 21.3 Å². The number of benzene rings is 2. The van der Waals surface area contributed by atoms with E-state index in [0.29, 0.717) is 29.7 Å². The van der Waals surface area contributed by atoms with Crippen molar-refractivity contribution in [2.45, 2.75) is 56.5 Å². The Morgan fingerprint density at radius 1 is 1.25 bits per heavy atom. The van der Waals surface area contributed by atoms with E-state index in [1.807, 2.05) is 51.1 Å². The average Bonchev–Trinajstić information content (AvgIpc) is 2.81. The second-order valence-electron chi connectivity index (χ2n) is 7.47. The van der Waals surface area contributed by atoms with Crippen LogP contribution in [0.4, 0.5) is 0 Å². The molecule has 2 N–H and O–H groups in total. The van der Waals surface area contributed by atoms with Gasteiger partial charge in [0.25, 0.3) is 0 Å². The maximum Gasteiger partial charge on any atom is 0.180 e. The summed E-state index contributed by atoms with van der Waals surface area (Å²) in [5.74, 6) is 0.130. The fraction of sp³-hybridized carbons (Fsp3) is 0.455. The van der Waals surface area contributed by atoms with Crippen molar-refractivity contribution in [3.05, 3.63) is 53.1 Å². The SMILES string of the molecule is CCC(C)c1c(O)c(OC)cc2c1S(=O)(=O)C[C@@H](CC)N[C@@H]2c1ccccc1. The zero-order chi connectivity index (χ0) is 20.5. The molecular formula is C22H29NO4S. The zero-order valence-corrected chi connectivity index (χ0v) is 17.7. The standard InChI is InChI=1S/C22H29NO4S/c1-5-14(3)19-21(24)18(27-4)12-17-20(15-10-8-7-9-11-15)23-16(6-2)13-28(25,26)22(17)19/h7-12,14,16,20,23-24H,5-6,13H2,1-4H3/t14?,16-,20-/m1/s1. The van der Waals surface area contributed by atoms with Crippen LogP contribution in [-0.2, 0) is 9.84 Å². The molecule has 2 aromatic rings. The fourth-order valence-corrected chi connectivity index (χ4v) is 6.13. The molecular weight excluding hydrogens is 374 g/mol. The summed E-state index contributed by atoms with van der Waals surface area (Å²) in [4.78, 5) is 0.262. The van der Waals surface area contributed by atoms with Gasteiger partial charge in [-0.15, -0.1) is 0 Å². The molecule has 0 saturated heterocycles. The number of ether oxygens (including phenoxy) is 1. The van der Waals surface area contributed by atoms with Crippen LogP contribution in [-0.4, -0.2) is 32.4 Å². The number of phenolic OH excluding ortho intramolecular Hbond substituents is 1. The molecule has 6 heteroatoms. The molecule has 5 nitrogen and oxygen atoms in total. The van der Waals surface area contributed by atoms with Crippen molar-refractivity contribution in [3.63, 3.8) is 0 Å². The average molecular weight is 404 g/mol. The zero-order valence-electron chi connectivity index (χ0n) is 16.9. The molecule has 3 atom stereocenters. The van der Waals surface area contributed by atoms with Crippen molar-refractivity contribution in [2.24, 2.45) is 0 Å². The van der Waals surface area contributed by atoms with Crippen LogP contribution in [0.5, 0.6) is 11.5 Å². The lowest BCUT2D eigenvalue weighted by molar-refractivity contribution is 0.365. The van der Waals surface area contributed by atoms with Gasteiger partial charge in [-0.25, -0.2) is 8.42 Å². The number of aromatic hydroxyl groups is 1. The minimum absolute atomic E-state index is 0.00896. The first kappa shape index (κ1) is 20.7. The molecule has 1 aliphatic rings. The largest absolute Gasteiger partial charge is 0.504 e. The molecule has 2 aromatic carbocycles. The number of hydrogen-bond acceptors (Lipinski definition) is 5. The van der Waals surface area contributed by atoms with E-state index >= 15 is 0 Å². The minimum atomic E-state index is -3.59. The monoisotopic (exact) mass is 403 g/mol. The number of nitrogens with one attached hydrogen (secondary N) is 1. The van der Waals surface area contributed by atoms with Crippen molar-refractivity contribution in [1.29, 1.82) is 0 Å².